The summed E-state index contributed by atoms with van der Waals surface area (Å²) in [5.74, 6) is 0.671. The van der Waals surface area contributed by atoms with E-state index in [1.165, 1.54) is 32.1 Å². The van der Waals surface area contributed by atoms with E-state index >= 15 is 0 Å². The molecule has 2 unspecified atom stereocenters. The van der Waals surface area contributed by atoms with Gasteiger partial charge in [0.2, 0.25) is 0 Å². The van der Waals surface area contributed by atoms with Crippen molar-refractivity contribution in [2.75, 3.05) is 6.54 Å². The highest BCUT2D eigenvalue weighted by molar-refractivity contribution is 5.70. The van der Waals surface area contributed by atoms with E-state index in [1.54, 1.807) is 6.92 Å². The molecule has 0 saturated heterocycles. The van der Waals surface area contributed by atoms with Crippen molar-refractivity contribution in [3.63, 3.8) is 0 Å². The number of hydrogen-bond donors (Lipinski definition) is 2. The minimum Gasteiger partial charge on any atom is -0.481 e. The van der Waals surface area contributed by atoms with Crippen LogP contribution < -0.4 is 5.32 Å². The average molecular weight is 241 g/mol. The third kappa shape index (κ3) is 4.66. The highest BCUT2D eigenvalue weighted by atomic mass is 16.4. The predicted octanol–water partition coefficient (Wildman–Crippen LogP) is 2.90. The summed E-state index contributed by atoms with van der Waals surface area (Å²) in [5, 5.41) is 12.3. The second-order valence-corrected chi connectivity index (χ2v) is 5.62. The SMILES string of the molecule is CCC1CCC(CNC(C)C(C)C(=O)O)CC1. The lowest BCUT2D eigenvalue weighted by molar-refractivity contribution is -0.141. The van der Waals surface area contributed by atoms with Gasteiger partial charge in [0, 0.05) is 6.04 Å². The van der Waals surface area contributed by atoms with E-state index in [0.29, 0.717) is 0 Å². The molecule has 0 heterocycles. The first-order chi connectivity index (χ1) is 8.04. The Morgan fingerprint density at radius 2 is 1.76 bits per heavy atom. The zero-order valence-corrected chi connectivity index (χ0v) is 11.4. The monoisotopic (exact) mass is 241 g/mol. The molecular weight excluding hydrogens is 214 g/mol. The number of nitrogens with one attached hydrogen (secondary N) is 1. The Balaban J connectivity index is 2.21. The summed E-state index contributed by atoms with van der Waals surface area (Å²) in [5.41, 5.74) is 0. The quantitative estimate of drug-likeness (QED) is 0.751. The summed E-state index contributed by atoms with van der Waals surface area (Å²) in [4.78, 5) is 10.8. The molecule has 17 heavy (non-hydrogen) atoms. The molecule has 0 spiro atoms. The van der Waals surface area contributed by atoms with Crippen LogP contribution in [0, 0.1) is 17.8 Å². The molecule has 3 heteroatoms. The maximum Gasteiger partial charge on any atom is 0.307 e. The van der Waals surface area contributed by atoms with Crippen LogP contribution in [0.4, 0.5) is 0 Å². The van der Waals surface area contributed by atoms with Crippen molar-refractivity contribution in [1.82, 2.24) is 5.32 Å². The van der Waals surface area contributed by atoms with E-state index in [2.05, 4.69) is 12.2 Å². The number of carboxylic acid groups (broad SMARTS) is 1. The van der Waals surface area contributed by atoms with E-state index in [-0.39, 0.29) is 12.0 Å². The molecule has 3 nitrogen and oxygen atoms in total. The maximum absolute atomic E-state index is 10.8. The zero-order chi connectivity index (χ0) is 12.8. The highest BCUT2D eigenvalue weighted by Gasteiger charge is 2.23. The Morgan fingerprint density at radius 1 is 1.24 bits per heavy atom. The second-order valence-electron chi connectivity index (χ2n) is 5.62. The van der Waals surface area contributed by atoms with Crippen LogP contribution in [0.15, 0.2) is 0 Å². The minimum atomic E-state index is -0.709. The molecule has 0 aromatic rings. The lowest BCUT2D eigenvalue weighted by Crippen LogP contribution is -2.39. The van der Waals surface area contributed by atoms with E-state index in [4.69, 9.17) is 5.11 Å². The summed E-state index contributed by atoms with van der Waals surface area (Å²) in [6.45, 7) is 7.00. The number of carbonyl (C=O) groups is 1. The minimum absolute atomic E-state index is 0.0661. The van der Waals surface area contributed by atoms with Crippen LogP contribution in [-0.4, -0.2) is 23.7 Å². The smallest absolute Gasteiger partial charge is 0.307 e. The van der Waals surface area contributed by atoms with Gasteiger partial charge in [0.15, 0.2) is 0 Å². The summed E-state index contributed by atoms with van der Waals surface area (Å²) in [6.07, 6.45) is 6.63. The van der Waals surface area contributed by atoms with Gasteiger partial charge in [-0.1, -0.05) is 33.1 Å². The maximum atomic E-state index is 10.8. The first-order valence-electron chi connectivity index (χ1n) is 7.00. The van der Waals surface area contributed by atoms with Gasteiger partial charge in [-0.15, -0.1) is 0 Å². The summed E-state index contributed by atoms with van der Waals surface area (Å²) in [6, 6.07) is 0.0661. The van der Waals surface area contributed by atoms with Gasteiger partial charge in [0.1, 0.15) is 0 Å². The zero-order valence-electron chi connectivity index (χ0n) is 11.4. The molecule has 0 aromatic heterocycles. The molecule has 0 radical (unpaired) electrons. The van der Waals surface area contributed by atoms with Crippen molar-refractivity contribution in [1.29, 1.82) is 0 Å². The van der Waals surface area contributed by atoms with E-state index in [9.17, 15) is 4.79 Å². The average Bonchev–Trinajstić information content (AvgIpc) is 2.35. The van der Waals surface area contributed by atoms with Crippen molar-refractivity contribution >= 4 is 5.97 Å². The molecule has 2 N–H and O–H groups in total. The molecule has 1 aliphatic carbocycles. The van der Waals surface area contributed by atoms with Crippen LogP contribution in [0.2, 0.25) is 0 Å². The molecule has 0 aromatic carbocycles. The van der Waals surface area contributed by atoms with Crippen molar-refractivity contribution in [3.05, 3.63) is 0 Å². The van der Waals surface area contributed by atoms with Gasteiger partial charge in [0.25, 0.3) is 0 Å². The summed E-state index contributed by atoms with van der Waals surface area (Å²) in [7, 11) is 0. The molecule has 1 fully saturated rings. The normalized spacial score (nSPS) is 28.6. The van der Waals surface area contributed by atoms with Gasteiger partial charge in [-0.05, 0) is 38.1 Å². The molecule has 1 rings (SSSR count). The lowest BCUT2D eigenvalue weighted by Gasteiger charge is -2.29. The van der Waals surface area contributed by atoms with Crippen LogP contribution in [-0.2, 0) is 4.79 Å². The fourth-order valence-corrected chi connectivity index (χ4v) is 2.59. The lowest BCUT2D eigenvalue weighted by atomic mass is 9.81. The van der Waals surface area contributed by atoms with Crippen LogP contribution in [0.5, 0.6) is 0 Å². The third-order valence-corrected chi connectivity index (χ3v) is 4.41. The second kappa shape index (κ2) is 7.00. The Bertz CT molecular complexity index is 234. The Hall–Kier alpha value is -0.570. The van der Waals surface area contributed by atoms with Crippen LogP contribution in [0.1, 0.15) is 52.9 Å². The van der Waals surface area contributed by atoms with E-state index in [0.717, 1.165) is 18.4 Å². The van der Waals surface area contributed by atoms with Gasteiger partial charge < -0.3 is 10.4 Å². The van der Waals surface area contributed by atoms with Gasteiger partial charge in [-0.2, -0.15) is 0 Å². The fourth-order valence-electron chi connectivity index (χ4n) is 2.59. The highest BCUT2D eigenvalue weighted by Crippen LogP contribution is 2.30. The van der Waals surface area contributed by atoms with Crippen molar-refractivity contribution in [2.45, 2.75) is 58.9 Å². The third-order valence-electron chi connectivity index (χ3n) is 4.41. The van der Waals surface area contributed by atoms with Crippen LogP contribution >= 0.6 is 0 Å². The Morgan fingerprint density at radius 3 is 2.24 bits per heavy atom. The van der Waals surface area contributed by atoms with Crippen LogP contribution in [0.3, 0.4) is 0 Å². The van der Waals surface area contributed by atoms with E-state index < -0.39 is 5.97 Å². The molecule has 100 valence electrons. The molecule has 0 amide bonds. The standard InChI is InChI=1S/C14H27NO2/c1-4-12-5-7-13(8-6-12)9-15-11(3)10(2)14(16)17/h10-13,15H,4-9H2,1-3H3,(H,16,17). The Kier molecular flexibility index (Phi) is 5.96. The van der Waals surface area contributed by atoms with Crippen molar-refractivity contribution in [2.24, 2.45) is 17.8 Å². The molecule has 0 aliphatic heterocycles. The number of rotatable bonds is 6. The molecule has 0 bridgehead atoms. The molecule has 1 aliphatic rings. The topological polar surface area (TPSA) is 49.3 Å². The number of hydrogen-bond acceptors (Lipinski definition) is 2. The molecule has 1 saturated carbocycles. The summed E-state index contributed by atoms with van der Waals surface area (Å²) >= 11 is 0. The van der Waals surface area contributed by atoms with Gasteiger partial charge in [-0.3, -0.25) is 4.79 Å². The largest absolute Gasteiger partial charge is 0.481 e. The Labute approximate surface area is 105 Å². The van der Waals surface area contributed by atoms with Crippen molar-refractivity contribution < 1.29 is 9.90 Å². The van der Waals surface area contributed by atoms with Crippen molar-refractivity contribution in [3.8, 4) is 0 Å². The summed E-state index contributed by atoms with van der Waals surface area (Å²) < 4.78 is 0. The molecule has 2 atom stereocenters. The van der Waals surface area contributed by atoms with E-state index in [1.807, 2.05) is 6.92 Å². The first kappa shape index (κ1) is 14.5. The number of carboxylic acids is 1. The van der Waals surface area contributed by atoms with Gasteiger partial charge in [-0.25, -0.2) is 0 Å². The predicted molar refractivity (Wildman–Crippen MR) is 70.0 cm³/mol. The number of aliphatic carboxylic acids is 1. The molecular formula is C14H27NO2. The first-order valence-corrected chi connectivity index (χ1v) is 7.00. The van der Waals surface area contributed by atoms with Gasteiger partial charge >= 0.3 is 5.97 Å². The van der Waals surface area contributed by atoms with Gasteiger partial charge in [0.05, 0.1) is 5.92 Å². The van der Waals surface area contributed by atoms with Crippen LogP contribution in [0.25, 0.3) is 0 Å². The fraction of sp³-hybridized carbons (Fsp3) is 0.929.